The summed E-state index contributed by atoms with van der Waals surface area (Å²) in [4.78, 5) is 23.5. The van der Waals surface area contributed by atoms with Gasteiger partial charge in [-0.15, -0.1) is 6.42 Å². The van der Waals surface area contributed by atoms with Gasteiger partial charge in [-0.25, -0.2) is 9.97 Å². The van der Waals surface area contributed by atoms with Crippen molar-refractivity contribution in [3.63, 3.8) is 0 Å². The quantitative estimate of drug-likeness (QED) is 0.364. The number of fused-ring (bicyclic) bond motifs is 5. The highest BCUT2D eigenvalue weighted by atomic mass is 16.5. The molecule has 4 unspecified atom stereocenters. The van der Waals surface area contributed by atoms with E-state index in [2.05, 4.69) is 45.5 Å². The van der Waals surface area contributed by atoms with Gasteiger partial charge in [-0.2, -0.15) is 0 Å². The molecule has 3 aromatic carbocycles. The van der Waals surface area contributed by atoms with Crippen molar-refractivity contribution in [2.45, 2.75) is 50.3 Å². The number of hydrogen-bond donors (Lipinski definition) is 1. The van der Waals surface area contributed by atoms with Crippen LogP contribution in [0.3, 0.4) is 0 Å². The topological polar surface area (TPSA) is 76.6 Å². The molecule has 0 radical (unpaired) electrons. The molecule has 2 aliphatic carbocycles. The number of nitrogens with one attached hydrogen (secondary N) is 1. The summed E-state index contributed by atoms with van der Waals surface area (Å²) < 4.78 is 12.4. The van der Waals surface area contributed by atoms with Crippen molar-refractivity contribution in [1.29, 1.82) is 0 Å². The molecule has 2 saturated carbocycles. The molecule has 2 bridgehead atoms. The smallest absolute Gasteiger partial charge is 0.298 e. The van der Waals surface area contributed by atoms with E-state index in [1.807, 2.05) is 35.2 Å². The SMILES string of the molecule is C#CC(=O)N1C2CCC3(CC(Oc4cc5c(Nc6ccc7ccccc7c6)ncnc5cc4OC)C2)CC13. The van der Waals surface area contributed by atoms with Gasteiger partial charge in [-0.05, 0) is 66.0 Å². The summed E-state index contributed by atoms with van der Waals surface area (Å²) in [6.45, 7) is 0. The van der Waals surface area contributed by atoms with Crippen molar-refractivity contribution < 1.29 is 14.3 Å². The van der Waals surface area contributed by atoms with Crippen LogP contribution in [-0.2, 0) is 4.79 Å². The molecule has 1 amide bonds. The van der Waals surface area contributed by atoms with E-state index in [0.29, 0.717) is 17.3 Å². The summed E-state index contributed by atoms with van der Waals surface area (Å²) in [6.07, 6.45) is 11.8. The molecule has 8 rings (SSSR count). The van der Waals surface area contributed by atoms with Crippen LogP contribution in [0.5, 0.6) is 11.5 Å². The van der Waals surface area contributed by atoms with E-state index in [-0.39, 0.29) is 29.5 Å². The summed E-state index contributed by atoms with van der Waals surface area (Å²) in [5.74, 6) is 4.15. The molecule has 3 heterocycles. The van der Waals surface area contributed by atoms with E-state index in [0.717, 1.165) is 54.1 Å². The number of terminal acetylenes is 1. The van der Waals surface area contributed by atoms with E-state index in [1.165, 1.54) is 5.39 Å². The minimum Gasteiger partial charge on any atom is -0.493 e. The maximum absolute atomic E-state index is 12.5. The largest absolute Gasteiger partial charge is 0.493 e. The maximum atomic E-state index is 12.5. The molecule has 1 aromatic heterocycles. The Kier molecular flexibility index (Phi) is 5.19. The van der Waals surface area contributed by atoms with E-state index in [4.69, 9.17) is 15.9 Å². The van der Waals surface area contributed by atoms with E-state index in [9.17, 15) is 4.79 Å². The molecule has 38 heavy (non-hydrogen) atoms. The summed E-state index contributed by atoms with van der Waals surface area (Å²) in [7, 11) is 1.64. The molecule has 4 fully saturated rings. The zero-order chi connectivity index (χ0) is 25.9. The first-order chi connectivity index (χ1) is 18.6. The number of carbonyl (C=O) groups excluding carboxylic acids is 1. The number of methoxy groups -OCH3 is 1. The lowest BCUT2D eigenvalue weighted by Crippen LogP contribution is -2.45. The highest BCUT2D eigenvalue weighted by molar-refractivity contribution is 5.95. The van der Waals surface area contributed by atoms with E-state index >= 15 is 0 Å². The first-order valence-electron chi connectivity index (χ1n) is 13.1. The molecule has 1 N–H and O–H groups in total. The number of rotatable bonds is 5. The first-order valence-corrected chi connectivity index (χ1v) is 13.1. The van der Waals surface area contributed by atoms with Crippen LogP contribution in [0.1, 0.15) is 32.1 Å². The van der Waals surface area contributed by atoms with Crippen molar-refractivity contribution in [1.82, 2.24) is 14.9 Å². The standard InChI is InChI=1S/C31H28N4O3/c1-3-29(36)35-22-10-11-31(17-28(31)35)16-23(13-22)38-27-14-24-25(15-26(27)37-2)32-18-33-30(24)34-21-9-8-19-6-4-5-7-20(19)12-21/h1,4-9,12,14-15,18,22-23,28H,10-11,13,16-17H2,2H3,(H,32,33,34). The Morgan fingerprint density at radius 3 is 2.82 bits per heavy atom. The van der Waals surface area contributed by atoms with Crippen LogP contribution in [0, 0.1) is 17.8 Å². The van der Waals surface area contributed by atoms with Crippen molar-refractivity contribution in [3.8, 4) is 23.8 Å². The number of anilines is 2. The fourth-order valence-electron chi connectivity index (χ4n) is 6.70. The molecular weight excluding hydrogens is 476 g/mol. The Labute approximate surface area is 221 Å². The molecule has 4 aliphatic rings. The molecule has 7 nitrogen and oxygen atoms in total. The van der Waals surface area contributed by atoms with Gasteiger partial charge in [0.05, 0.1) is 12.6 Å². The monoisotopic (exact) mass is 504 g/mol. The molecule has 7 heteroatoms. The van der Waals surface area contributed by atoms with Crippen LogP contribution >= 0.6 is 0 Å². The Morgan fingerprint density at radius 2 is 1.97 bits per heavy atom. The number of nitrogens with zero attached hydrogens (tertiary/aromatic N) is 3. The van der Waals surface area contributed by atoms with Crippen LogP contribution in [0.4, 0.5) is 11.5 Å². The average Bonchev–Trinajstić information content (AvgIpc) is 3.70. The maximum Gasteiger partial charge on any atom is 0.298 e. The third-order valence-corrected chi connectivity index (χ3v) is 8.60. The van der Waals surface area contributed by atoms with Gasteiger partial charge in [0.2, 0.25) is 0 Å². The van der Waals surface area contributed by atoms with Crippen LogP contribution in [0.15, 0.2) is 60.9 Å². The van der Waals surface area contributed by atoms with Gasteiger partial charge in [0.25, 0.3) is 5.91 Å². The van der Waals surface area contributed by atoms with Crippen molar-refractivity contribution in [2.75, 3.05) is 12.4 Å². The zero-order valence-electron chi connectivity index (χ0n) is 21.2. The highest BCUT2D eigenvalue weighted by Crippen LogP contribution is 2.63. The molecule has 2 aliphatic heterocycles. The lowest BCUT2D eigenvalue weighted by atomic mass is 9.92. The van der Waals surface area contributed by atoms with E-state index in [1.54, 1.807) is 13.4 Å². The number of carbonyl (C=O) groups is 1. The summed E-state index contributed by atoms with van der Waals surface area (Å²) in [6, 6.07) is 18.8. The Hall–Kier alpha value is -4.31. The summed E-state index contributed by atoms with van der Waals surface area (Å²) in [5, 5.41) is 6.65. The minimum absolute atomic E-state index is 0.0315. The van der Waals surface area contributed by atoms with Crippen molar-refractivity contribution in [2.24, 2.45) is 5.41 Å². The van der Waals surface area contributed by atoms with Gasteiger partial charge in [0.1, 0.15) is 18.2 Å². The fraction of sp³-hybridized carbons (Fsp3) is 0.323. The molecule has 4 aromatic rings. The summed E-state index contributed by atoms with van der Waals surface area (Å²) >= 11 is 0. The first kappa shape index (κ1) is 22.9. The van der Waals surface area contributed by atoms with Gasteiger partial charge < -0.3 is 19.7 Å². The molecule has 1 spiro atoms. The van der Waals surface area contributed by atoms with Gasteiger partial charge in [-0.1, -0.05) is 30.3 Å². The number of hydrogen-bond acceptors (Lipinski definition) is 6. The lowest BCUT2D eigenvalue weighted by Gasteiger charge is -2.34. The van der Waals surface area contributed by atoms with Gasteiger partial charge in [0.15, 0.2) is 11.5 Å². The Balaban J connectivity index is 1.21. The van der Waals surface area contributed by atoms with Crippen LogP contribution in [-0.4, -0.2) is 46.1 Å². The zero-order valence-corrected chi connectivity index (χ0v) is 21.2. The number of benzene rings is 3. The fourth-order valence-corrected chi connectivity index (χ4v) is 6.70. The second-order valence-corrected chi connectivity index (χ2v) is 10.7. The molecule has 4 atom stereocenters. The van der Waals surface area contributed by atoms with Gasteiger partial charge >= 0.3 is 0 Å². The number of ether oxygens (including phenoxy) is 2. The van der Waals surface area contributed by atoms with Crippen molar-refractivity contribution >= 4 is 39.1 Å². The number of amides is 1. The van der Waals surface area contributed by atoms with Crippen LogP contribution in [0.2, 0.25) is 0 Å². The van der Waals surface area contributed by atoms with Crippen LogP contribution < -0.4 is 14.8 Å². The summed E-state index contributed by atoms with van der Waals surface area (Å²) in [5.41, 5.74) is 1.83. The van der Waals surface area contributed by atoms with Gasteiger partial charge in [-0.3, -0.25) is 4.79 Å². The molecular formula is C31H28N4O3. The third kappa shape index (κ3) is 3.71. The predicted octanol–water partition coefficient (Wildman–Crippen LogP) is 5.46. The van der Waals surface area contributed by atoms with E-state index < -0.39 is 0 Å². The molecule has 2 saturated heterocycles. The molecule has 190 valence electrons. The number of aromatic nitrogens is 2. The minimum atomic E-state index is -0.188. The second-order valence-electron chi connectivity index (χ2n) is 10.7. The normalized spacial score (nSPS) is 25.4. The average molecular weight is 505 g/mol. The lowest BCUT2D eigenvalue weighted by molar-refractivity contribution is -0.129. The van der Waals surface area contributed by atoms with Crippen LogP contribution in [0.25, 0.3) is 21.7 Å². The van der Waals surface area contributed by atoms with Gasteiger partial charge in [0, 0.05) is 35.6 Å². The van der Waals surface area contributed by atoms with Crippen molar-refractivity contribution in [3.05, 3.63) is 60.9 Å². The Morgan fingerprint density at radius 1 is 1.11 bits per heavy atom. The number of piperidine rings is 1. The second kappa shape index (κ2) is 8.63. The highest BCUT2D eigenvalue weighted by Gasteiger charge is 2.64. The third-order valence-electron chi connectivity index (χ3n) is 8.60. The Bertz CT molecular complexity index is 1630. The predicted molar refractivity (Wildman–Crippen MR) is 147 cm³/mol.